The average Bonchev–Trinajstić information content (AvgIpc) is 2.38. The topological polar surface area (TPSA) is 44.8 Å². The van der Waals surface area contributed by atoms with Crippen molar-refractivity contribution in [2.75, 3.05) is 20.8 Å². The molecule has 100 valence electrons. The third-order valence-corrected chi connectivity index (χ3v) is 2.89. The van der Waals surface area contributed by atoms with Gasteiger partial charge in [0.1, 0.15) is 11.3 Å². The van der Waals surface area contributed by atoms with Crippen molar-refractivity contribution in [2.45, 2.75) is 26.4 Å². The van der Waals surface area contributed by atoms with Gasteiger partial charge >= 0.3 is 5.97 Å². The zero-order valence-electron chi connectivity index (χ0n) is 11.6. The van der Waals surface area contributed by atoms with E-state index in [0.29, 0.717) is 17.9 Å². The quantitative estimate of drug-likeness (QED) is 0.756. The van der Waals surface area contributed by atoms with Gasteiger partial charge in [-0.1, -0.05) is 6.07 Å². The van der Waals surface area contributed by atoms with Crippen molar-refractivity contribution in [3.63, 3.8) is 0 Å². The summed E-state index contributed by atoms with van der Waals surface area (Å²) in [7, 11) is 3.00. The first-order valence-electron chi connectivity index (χ1n) is 5.87. The Morgan fingerprint density at radius 1 is 1.28 bits per heavy atom. The molecule has 0 radical (unpaired) electrons. The Kier molecular flexibility index (Phi) is 4.73. The van der Waals surface area contributed by atoms with Crippen molar-refractivity contribution in [3.05, 3.63) is 29.3 Å². The van der Waals surface area contributed by atoms with Crippen LogP contribution in [-0.2, 0) is 15.1 Å². The SMILES string of the molecule is CCOc1cc(C(C)(C)OC)ccc1C(=O)OC. The fraction of sp³-hybridized carbons (Fsp3) is 0.500. The van der Waals surface area contributed by atoms with Crippen LogP contribution in [0.25, 0.3) is 0 Å². The summed E-state index contributed by atoms with van der Waals surface area (Å²) in [6.07, 6.45) is 0. The fourth-order valence-electron chi connectivity index (χ4n) is 1.57. The number of rotatable bonds is 5. The second-order valence-corrected chi connectivity index (χ2v) is 4.35. The van der Waals surface area contributed by atoms with E-state index in [-0.39, 0.29) is 0 Å². The van der Waals surface area contributed by atoms with E-state index >= 15 is 0 Å². The minimum absolute atomic E-state index is 0.403. The van der Waals surface area contributed by atoms with Crippen molar-refractivity contribution in [1.29, 1.82) is 0 Å². The minimum atomic E-state index is -0.430. The standard InChI is InChI=1S/C14H20O4/c1-6-18-12-9-10(14(2,3)17-5)7-8-11(12)13(15)16-4/h7-9H,6H2,1-5H3. The number of carbonyl (C=O) groups excluding carboxylic acids is 1. The Balaban J connectivity index is 3.22. The molecule has 0 aliphatic rings. The summed E-state index contributed by atoms with van der Waals surface area (Å²) in [6, 6.07) is 5.37. The molecule has 4 heteroatoms. The summed E-state index contributed by atoms with van der Waals surface area (Å²) in [5.74, 6) is 0.118. The van der Waals surface area contributed by atoms with Gasteiger partial charge in [0.2, 0.25) is 0 Å². The summed E-state index contributed by atoms with van der Waals surface area (Å²) in [4.78, 5) is 11.6. The third kappa shape index (κ3) is 3.01. The lowest BCUT2D eigenvalue weighted by atomic mass is 9.96. The van der Waals surface area contributed by atoms with Crippen LogP contribution in [0.1, 0.15) is 36.7 Å². The molecule has 0 unspecified atom stereocenters. The first-order valence-corrected chi connectivity index (χ1v) is 5.87. The Morgan fingerprint density at radius 3 is 2.44 bits per heavy atom. The number of hydrogen-bond donors (Lipinski definition) is 0. The van der Waals surface area contributed by atoms with E-state index in [1.165, 1.54) is 7.11 Å². The highest BCUT2D eigenvalue weighted by atomic mass is 16.5. The molecule has 1 rings (SSSR count). The molecule has 0 heterocycles. The highest BCUT2D eigenvalue weighted by Crippen LogP contribution is 2.29. The predicted octanol–water partition coefficient (Wildman–Crippen LogP) is 2.75. The summed E-state index contributed by atoms with van der Waals surface area (Å²) >= 11 is 0. The van der Waals surface area contributed by atoms with Crippen LogP contribution in [0.4, 0.5) is 0 Å². The van der Waals surface area contributed by atoms with Crippen LogP contribution in [-0.4, -0.2) is 26.8 Å². The maximum atomic E-state index is 11.6. The molecular formula is C14H20O4. The van der Waals surface area contributed by atoms with E-state index in [9.17, 15) is 4.79 Å². The van der Waals surface area contributed by atoms with Gasteiger partial charge in [-0.15, -0.1) is 0 Å². The molecule has 0 bridgehead atoms. The van der Waals surface area contributed by atoms with Gasteiger partial charge in [-0.2, -0.15) is 0 Å². The van der Waals surface area contributed by atoms with Gasteiger partial charge in [0.25, 0.3) is 0 Å². The number of carbonyl (C=O) groups is 1. The number of hydrogen-bond acceptors (Lipinski definition) is 4. The number of esters is 1. The van der Waals surface area contributed by atoms with Gasteiger partial charge in [-0.25, -0.2) is 4.79 Å². The lowest BCUT2D eigenvalue weighted by Gasteiger charge is -2.24. The van der Waals surface area contributed by atoms with Crippen LogP contribution in [0.2, 0.25) is 0 Å². The maximum Gasteiger partial charge on any atom is 0.341 e. The molecule has 0 N–H and O–H groups in total. The van der Waals surface area contributed by atoms with Crippen molar-refractivity contribution in [3.8, 4) is 5.75 Å². The highest BCUT2D eigenvalue weighted by Gasteiger charge is 2.22. The smallest absolute Gasteiger partial charge is 0.341 e. The lowest BCUT2D eigenvalue weighted by Crippen LogP contribution is -2.20. The van der Waals surface area contributed by atoms with Crippen molar-refractivity contribution in [2.24, 2.45) is 0 Å². The summed E-state index contributed by atoms with van der Waals surface area (Å²) in [6.45, 7) is 6.27. The van der Waals surface area contributed by atoms with E-state index in [1.807, 2.05) is 32.9 Å². The molecule has 0 saturated carbocycles. The van der Waals surface area contributed by atoms with Crippen molar-refractivity contribution in [1.82, 2.24) is 0 Å². The Bertz CT molecular complexity index is 424. The molecule has 0 saturated heterocycles. The Morgan fingerprint density at radius 2 is 1.94 bits per heavy atom. The van der Waals surface area contributed by atoms with E-state index in [4.69, 9.17) is 14.2 Å². The van der Waals surface area contributed by atoms with E-state index in [0.717, 1.165) is 5.56 Å². The normalized spacial score (nSPS) is 11.2. The van der Waals surface area contributed by atoms with Crippen LogP contribution in [0.5, 0.6) is 5.75 Å². The van der Waals surface area contributed by atoms with Gasteiger partial charge in [0.15, 0.2) is 0 Å². The first kappa shape index (κ1) is 14.5. The molecule has 0 aliphatic heterocycles. The largest absolute Gasteiger partial charge is 0.493 e. The average molecular weight is 252 g/mol. The van der Waals surface area contributed by atoms with Gasteiger partial charge in [0.05, 0.1) is 19.3 Å². The summed E-state index contributed by atoms with van der Waals surface area (Å²) in [5, 5.41) is 0. The van der Waals surface area contributed by atoms with Gasteiger partial charge < -0.3 is 14.2 Å². The van der Waals surface area contributed by atoms with Crippen LogP contribution in [0.15, 0.2) is 18.2 Å². The van der Waals surface area contributed by atoms with Crippen LogP contribution in [0, 0.1) is 0 Å². The second-order valence-electron chi connectivity index (χ2n) is 4.35. The predicted molar refractivity (Wildman–Crippen MR) is 69.0 cm³/mol. The fourth-order valence-corrected chi connectivity index (χ4v) is 1.57. The molecule has 1 aromatic rings. The molecule has 4 nitrogen and oxygen atoms in total. The van der Waals surface area contributed by atoms with Gasteiger partial charge in [0, 0.05) is 7.11 Å². The molecule has 0 aliphatic carbocycles. The molecule has 0 fully saturated rings. The second kappa shape index (κ2) is 5.87. The van der Waals surface area contributed by atoms with E-state index in [1.54, 1.807) is 13.2 Å². The minimum Gasteiger partial charge on any atom is -0.493 e. The molecule has 18 heavy (non-hydrogen) atoms. The third-order valence-electron chi connectivity index (χ3n) is 2.89. The molecule has 0 amide bonds. The monoisotopic (exact) mass is 252 g/mol. The lowest BCUT2D eigenvalue weighted by molar-refractivity contribution is 0.0189. The van der Waals surface area contributed by atoms with Gasteiger partial charge in [-0.3, -0.25) is 0 Å². The van der Waals surface area contributed by atoms with Crippen molar-refractivity contribution >= 4 is 5.97 Å². The number of ether oxygens (including phenoxy) is 3. The van der Waals surface area contributed by atoms with E-state index < -0.39 is 11.6 Å². The zero-order chi connectivity index (χ0) is 13.8. The first-order chi connectivity index (χ1) is 8.46. The molecule has 0 spiro atoms. The Labute approximate surface area is 108 Å². The van der Waals surface area contributed by atoms with Gasteiger partial charge in [-0.05, 0) is 38.5 Å². The Hall–Kier alpha value is -1.55. The number of benzene rings is 1. The number of methoxy groups -OCH3 is 2. The maximum absolute atomic E-state index is 11.6. The van der Waals surface area contributed by atoms with Crippen LogP contribution in [0.3, 0.4) is 0 Å². The van der Waals surface area contributed by atoms with E-state index in [2.05, 4.69) is 0 Å². The molecule has 0 aromatic heterocycles. The molecular weight excluding hydrogens is 232 g/mol. The summed E-state index contributed by atoms with van der Waals surface area (Å²) < 4.78 is 15.6. The van der Waals surface area contributed by atoms with Crippen LogP contribution < -0.4 is 4.74 Å². The van der Waals surface area contributed by atoms with Crippen molar-refractivity contribution < 1.29 is 19.0 Å². The summed E-state index contributed by atoms with van der Waals surface area (Å²) in [5.41, 5.74) is 0.941. The molecule has 1 aromatic carbocycles. The highest BCUT2D eigenvalue weighted by molar-refractivity contribution is 5.92. The molecule has 0 atom stereocenters. The van der Waals surface area contributed by atoms with Crippen LogP contribution >= 0.6 is 0 Å². The zero-order valence-corrected chi connectivity index (χ0v) is 11.6.